The van der Waals surface area contributed by atoms with Gasteiger partial charge in [-0.2, -0.15) is 26.3 Å². The Morgan fingerprint density at radius 3 is 1.04 bits per heavy atom. The van der Waals surface area contributed by atoms with Crippen molar-refractivity contribution in [3.05, 3.63) is 71.8 Å². The van der Waals surface area contributed by atoms with Gasteiger partial charge in [-0.3, -0.25) is 0 Å². The summed E-state index contributed by atoms with van der Waals surface area (Å²) in [7, 11) is 0. The van der Waals surface area contributed by atoms with Crippen molar-refractivity contribution in [3.63, 3.8) is 0 Å². The van der Waals surface area contributed by atoms with Gasteiger partial charge in [0, 0.05) is 11.4 Å². The molecule has 0 aromatic heterocycles. The highest BCUT2D eigenvalue weighted by molar-refractivity contribution is 5.74. The molecule has 0 saturated carbocycles. The van der Waals surface area contributed by atoms with Gasteiger partial charge in [0.1, 0.15) is 0 Å². The van der Waals surface area contributed by atoms with E-state index in [2.05, 4.69) is 0 Å². The normalized spacial score (nSPS) is 12.2. The zero-order valence-corrected chi connectivity index (χ0v) is 14.2. The highest BCUT2D eigenvalue weighted by atomic mass is 19.4. The minimum atomic E-state index is -4.59. The molecule has 8 heteroatoms. The number of rotatable bonds is 2. The third-order valence-electron chi connectivity index (χ3n) is 4.27. The summed E-state index contributed by atoms with van der Waals surface area (Å²) in [4.78, 5) is 0. The monoisotopic (exact) mass is 396 g/mol. The summed E-state index contributed by atoms with van der Waals surface area (Å²) in [5.41, 5.74) is 9.67. The lowest BCUT2D eigenvalue weighted by molar-refractivity contribution is -0.137. The van der Waals surface area contributed by atoms with E-state index in [1.54, 1.807) is 0 Å². The van der Waals surface area contributed by atoms with Crippen LogP contribution in [0.25, 0.3) is 22.3 Å². The van der Waals surface area contributed by atoms with Crippen molar-refractivity contribution < 1.29 is 26.3 Å². The molecule has 0 unspecified atom stereocenters. The van der Waals surface area contributed by atoms with Crippen molar-refractivity contribution in [2.45, 2.75) is 12.4 Å². The van der Waals surface area contributed by atoms with Crippen LogP contribution < -0.4 is 11.5 Å². The van der Waals surface area contributed by atoms with Crippen LogP contribution in [0.3, 0.4) is 0 Å². The molecule has 0 heterocycles. The van der Waals surface area contributed by atoms with Crippen LogP contribution in [0.2, 0.25) is 0 Å². The molecule has 0 amide bonds. The van der Waals surface area contributed by atoms with Crippen LogP contribution in [0, 0.1) is 0 Å². The predicted octanol–water partition coefficient (Wildman–Crippen LogP) is 6.22. The molecule has 0 fully saturated rings. The van der Waals surface area contributed by atoms with Gasteiger partial charge in [0.05, 0.1) is 11.1 Å². The van der Waals surface area contributed by atoms with Gasteiger partial charge in [0.25, 0.3) is 0 Å². The topological polar surface area (TPSA) is 52.0 Å². The summed E-state index contributed by atoms with van der Waals surface area (Å²) in [5.74, 6) is 0. The average Bonchev–Trinajstić information content (AvgIpc) is 2.61. The van der Waals surface area contributed by atoms with E-state index in [-0.39, 0.29) is 11.4 Å². The fourth-order valence-electron chi connectivity index (χ4n) is 2.82. The number of nitrogen functional groups attached to an aromatic ring is 2. The van der Waals surface area contributed by atoms with E-state index in [0.29, 0.717) is 22.3 Å². The molecule has 4 N–H and O–H groups in total. The fraction of sp³-hybridized carbons (Fsp3) is 0.100. The molecule has 0 aliphatic heterocycles. The molecule has 2 nitrogen and oxygen atoms in total. The van der Waals surface area contributed by atoms with Gasteiger partial charge in [-0.05, 0) is 46.5 Å². The van der Waals surface area contributed by atoms with E-state index in [0.717, 1.165) is 12.1 Å². The van der Waals surface area contributed by atoms with Crippen LogP contribution in [0.1, 0.15) is 11.1 Å². The highest BCUT2D eigenvalue weighted by Gasteiger charge is 2.34. The Hall–Kier alpha value is -3.16. The third-order valence-corrected chi connectivity index (χ3v) is 4.27. The molecule has 0 radical (unpaired) electrons. The molecular weight excluding hydrogens is 382 g/mol. The van der Waals surface area contributed by atoms with E-state index in [1.807, 2.05) is 0 Å². The van der Waals surface area contributed by atoms with Crippen molar-refractivity contribution in [1.82, 2.24) is 0 Å². The van der Waals surface area contributed by atoms with Crippen LogP contribution in [-0.2, 0) is 12.4 Å². The van der Waals surface area contributed by atoms with Crippen LogP contribution in [0.15, 0.2) is 60.7 Å². The molecule has 0 aliphatic rings. The molecular formula is C20H14F6N2. The van der Waals surface area contributed by atoms with Gasteiger partial charge in [0.15, 0.2) is 0 Å². The first-order valence-corrected chi connectivity index (χ1v) is 8.01. The maximum atomic E-state index is 13.0. The summed E-state index contributed by atoms with van der Waals surface area (Å²) >= 11 is 0. The molecule has 0 spiro atoms. The number of hydrogen-bond acceptors (Lipinski definition) is 2. The summed E-state index contributed by atoms with van der Waals surface area (Å²) < 4.78 is 78.1. The largest absolute Gasteiger partial charge is 0.418 e. The third kappa shape index (κ3) is 3.90. The zero-order valence-electron chi connectivity index (χ0n) is 14.2. The Bertz CT molecular complexity index is 922. The number of alkyl halides is 6. The second kappa shape index (κ2) is 6.78. The number of nitrogens with two attached hydrogens (primary N) is 2. The maximum absolute atomic E-state index is 13.0. The second-order valence-electron chi connectivity index (χ2n) is 6.18. The van der Waals surface area contributed by atoms with Gasteiger partial charge in [0.2, 0.25) is 0 Å². The van der Waals surface area contributed by atoms with Gasteiger partial charge in [-0.15, -0.1) is 0 Å². The smallest absolute Gasteiger partial charge is 0.398 e. The summed E-state index contributed by atoms with van der Waals surface area (Å²) in [6.45, 7) is 0. The van der Waals surface area contributed by atoms with E-state index in [9.17, 15) is 26.3 Å². The zero-order chi connectivity index (χ0) is 20.7. The fourth-order valence-corrected chi connectivity index (χ4v) is 2.82. The van der Waals surface area contributed by atoms with E-state index >= 15 is 0 Å². The lowest BCUT2D eigenvalue weighted by Crippen LogP contribution is -2.09. The minimum Gasteiger partial charge on any atom is -0.398 e. The van der Waals surface area contributed by atoms with Crippen LogP contribution in [-0.4, -0.2) is 0 Å². The first-order valence-electron chi connectivity index (χ1n) is 8.01. The van der Waals surface area contributed by atoms with Crippen LogP contribution in [0.5, 0.6) is 0 Å². The van der Waals surface area contributed by atoms with Gasteiger partial charge in [-0.25, -0.2) is 0 Å². The predicted molar refractivity (Wildman–Crippen MR) is 96.1 cm³/mol. The van der Waals surface area contributed by atoms with Gasteiger partial charge >= 0.3 is 12.4 Å². The molecule has 28 heavy (non-hydrogen) atoms. The molecule has 0 saturated heterocycles. The Labute approximate surface area is 156 Å². The summed E-state index contributed by atoms with van der Waals surface area (Å²) in [6.07, 6.45) is -9.17. The number of halogens is 6. The van der Waals surface area contributed by atoms with E-state index < -0.39 is 23.5 Å². The second-order valence-corrected chi connectivity index (χ2v) is 6.18. The standard InChI is InChI=1S/C20H14F6N2/c21-19(22,23)15-9-13(5-7-17(15)27)11-1-2-12(4-3-11)14-6-8-18(28)16(10-14)20(24,25)26/h1-10H,27-28H2. The lowest BCUT2D eigenvalue weighted by atomic mass is 9.97. The Kier molecular flexibility index (Phi) is 4.74. The van der Waals surface area contributed by atoms with Crippen LogP contribution >= 0.6 is 0 Å². The molecule has 3 aromatic rings. The average molecular weight is 396 g/mol. The Morgan fingerprint density at radius 1 is 0.464 bits per heavy atom. The molecule has 146 valence electrons. The first-order chi connectivity index (χ1) is 13.0. The number of benzene rings is 3. The molecule has 0 bridgehead atoms. The molecule has 0 aliphatic carbocycles. The van der Waals surface area contributed by atoms with Crippen molar-refractivity contribution >= 4 is 11.4 Å². The van der Waals surface area contributed by atoms with E-state index in [4.69, 9.17) is 11.5 Å². The van der Waals surface area contributed by atoms with Gasteiger partial charge in [-0.1, -0.05) is 36.4 Å². The molecule has 0 atom stereocenters. The lowest BCUT2D eigenvalue weighted by Gasteiger charge is -2.13. The van der Waals surface area contributed by atoms with Crippen LogP contribution in [0.4, 0.5) is 37.7 Å². The summed E-state index contributed by atoms with van der Waals surface area (Å²) in [5, 5.41) is 0. The van der Waals surface area contributed by atoms with Crippen molar-refractivity contribution in [3.8, 4) is 22.3 Å². The van der Waals surface area contributed by atoms with Crippen molar-refractivity contribution in [2.24, 2.45) is 0 Å². The highest BCUT2D eigenvalue weighted by Crippen LogP contribution is 2.38. The molecule has 3 rings (SSSR count). The number of anilines is 2. The van der Waals surface area contributed by atoms with Gasteiger partial charge < -0.3 is 11.5 Å². The SMILES string of the molecule is Nc1ccc(-c2ccc(-c3ccc(N)c(C(F)(F)F)c3)cc2)cc1C(F)(F)F. The van der Waals surface area contributed by atoms with E-state index in [1.165, 1.54) is 48.5 Å². The Morgan fingerprint density at radius 2 is 0.750 bits per heavy atom. The summed E-state index contributed by atoms with van der Waals surface area (Å²) in [6, 6.07) is 13.2. The number of hydrogen-bond donors (Lipinski definition) is 2. The maximum Gasteiger partial charge on any atom is 0.418 e. The quantitative estimate of drug-likeness (QED) is 0.399. The first kappa shape index (κ1) is 19.6. The van der Waals surface area contributed by atoms with Crippen molar-refractivity contribution in [2.75, 3.05) is 11.5 Å². The minimum absolute atomic E-state index is 0.293. The van der Waals surface area contributed by atoms with Crippen molar-refractivity contribution in [1.29, 1.82) is 0 Å². The molecule has 3 aromatic carbocycles. The Balaban J connectivity index is 1.97.